The van der Waals surface area contributed by atoms with E-state index in [1.165, 1.54) is 11.8 Å². The van der Waals surface area contributed by atoms with Crippen LogP contribution in [0, 0.1) is 3.70 Å². The lowest BCUT2D eigenvalue weighted by atomic mass is 10.1. The molecule has 1 aromatic carbocycles. The van der Waals surface area contributed by atoms with Crippen LogP contribution in [0.15, 0.2) is 18.2 Å². The maximum Gasteiger partial charge on any atom is 0.337 e. The standard InChI is InChI=1S/C15H17IN2O4/c1-15(2,3)22-12(19)8-18-11-7-9(14(20)21-4)5-6-10(11)13(16)17-18/h5-7H,8H2,1-4H3. The highest BCUT2D eigenvalue weighted by molar-refractivity contribution is 14.1. The van der Waals surface area contributed by atoms with E-state index in [0.717, 1.165) is 9.09 Å². The SMILES string of the molecule is COC(=O)c1ccc2c(I)nn(CC(=O)OC(C)(C)C)c2c1. The second-order valence-electron chi connectivity index (χ2n) is 5.76. The molecule has 22 heavy (non-hydrogen) atoms. The molecular formula is C15H17IN2O4. The molecule has 0 bridgehead atoms. The lowest BCUT2D eigenvalue weighted by molar-refractivity contribution is -0.155. The fourth-order valence-corrected chi connectivity index (χ4v) is 2.71. The van der Waals surface area contributed by atoms with E-state index in [0.29, 0.717) is 11.1 Å². The smallest absolute Gasteiger partial charge is 0.337 e. The number of ether oxygens (including phenoxy) is 2. The summed E-state index contributed by atoms with van der Waals surface area (Å²) < 4.78 is 12.3. The van der Waals surface area contributed by atoms with Crippen LogP contribution in [0.3, 0.4) is 0 Å². The van der Waals surface area contributed by atoms with Crippen LogP contribution >= 0.6 is 22.6 Å². The molecule has 2 rings (SSSR count). The molecule has 7 heteroatoms. The third-order valence-corrected chi connectivity index (χ3v) is 3.62. The van der Waals surface area contributed by atoms with Gasteiger partial charge in [-0.15, -0.1) is 0 Å². The van der Waals surface area contributed by atoms with Crippen molar-refractivity contribution in [2.75, 3.05) is 7.11 Å². The molecule has 118 valence electrons. The second-order valence-corrected chi connectivity index (χ2v) is 6.78. The zero-order chi connectivity index (χ0) is 16.5. The van der Waals surface area contributed by atoms with E-state index < -0.39 is 11.6 Å². The first-order valence-electron chi connectivity index (χ1n) is 6.67. The van der Waals surface area contributed by atoms with Crippen molar-refractivity contribution >= 4 is 45.4 Å². The predicted octanol–water partition coefficient (Wildman–Crippen LogP) is 2.77. The van der Waals surface area contributed by atoms with Gasteiger partial charge in [-0.3, -0.25) is 9.48 Å². The monoisotopic (exact) mass is 416 g/mol. The summed E-state index contributed by atoms with van der Waals surface area (Å²) in [5.74, 6) is -0.807. The molecule has 0 atom stereocenters. The van der Waals surface area contributed by atoms with Gasteiger partial charge in [0.2, 0.25) is 0 Å². The van der Waals surface area contributed by atoms with Gasteiger partial charge in [0, 0.05) is 5.39 Å². The van der Waals surface area contributed by atoms with Gasteiger partial charge >= 0.3 is 11.9 Å². The van der Waals surface area contributed by atoms with Crippen LogP contribution in [0.1, 0.15) is 31.1 Å². The Kier molecular flexibility index (Phi) is 4.74. The van der Waals surface area contributed by atoms with Gasteiger partial charge in [-0.2, -0.15) is 5.10 Å². The van der Waals surface area contributed by atoms with Gasteiger partial charge in [0.05, 0.1) is 18.2 Å². The van der Waals surface area contributed by atoms with E-state index in [-0.39, 0.29) is 12.5 Å². The van der Waals surface area contributed by atoms with Gasteiger partial charge in [0.1, 0.15) is 15.8 Å². The molecule has 0 aliphatic rings. The first-order valence-corrected chi connectivity index (χ1v) is 7.75. The Morgan fingerprint density at radius 2 is 2.00 bits per heavy atom. The lowest BCUT2D eigenvalue weighted by Gasteiger charge is -2.19. The van der Waals surface area contributed by atoms with Gasteiger partial charge < -0.3 is 9.47 Å². The van der Waals surface area contributed by atoms with Crippen LogP contribution in [0.2, 0.25) is 0 Å². The van der Waals surface area contributed by atoms with Crippen molar-refractivity contribution in [2.24, 2.45) is 0 Å². The second kappa shape index (κ2) is 6.23. The third kappa shape index (κ3) is 3.76. The minimum atomic E-state index is -0.551. The highest BCUT2D eigenvalue weighted by Gasteiger charge is 2.19. The average Bonchev–Trinajstić information content (AvgIpc) is 2.72. The highest BCUT2D eigenvalue weighted by Crippen LogP contribution is 2.22. The Labute approximate surface area is 141 Å². The van der Waals surface area contributed by atoms with E-state index >= 15 is 0 Å². The molecule has 0 unspecified atom stereocenters. The zero-order valence-corrected chi connectivity index (χ0v) is 15.0. The minimum absolute atomic E-state index is 0.0125. The van der Waals surface area contributed by atoms with Gasteiger partial charge in [0.15, 0.2) is 0 Å². The summed E-state index contributed by atoms with van der Waals surface area (Å²) in [5.41, 5.74) is 0.555. The lowest BCUT2D eigenvalue weighted by Crippen LogP contribution is -2.26. The van der Waals surface area contributed by atoms with Crippen molar-refractivity contribution < 1.29 is 19.1 Å². The van der Waals surface area contributed by atoms with E-state index in [4.69, 9.17) is 9.47 Å². The minimum Gasteiger partial charge on any atom is -0.465 e. The van der Waals surface area contributed by atoms with E-state index in [1.54, 1.807) is 18.2 Å². The van der Waals surface area contributed by atoms with Crippen molar-refractivity contribution in [2.45, 2.75) is 32.9 Å². The number of rotatable bonds is 3. The number of halogens is 1. The van der Waals surface area contributed by atoms with E-state index in [1.807, 2.05) is 20.8 Å². The Bertz CT molecular complexity index is 731. The number of carbonyl (C=O) groups excluding carboxylic acids is 2. The van der Waals surface area contributed by atoms with Gasteiger partial charge in [-0.05, 0) is 61.6 Å². The number of benzene rings is 1. The molecule has 0 amide bonds. The highest BCUT2D eigenvalue weighted by atomic mass is 127. The van der Waals surface area contributed by atoms with Gasteiger partial charge in [-0.25, -0.2) is 4.79 Å². The Morgan fingerprint density at radius 3 is 2.59 bits per heavy atom. The third-order valence-electron chi connectivity index (χ3n) is 2.83. The van der Waals surface area contributed by atoms with Crippen molar-refractivity contribution in [3.63, 3.8) is 0 Å². The number of hydrogen-bond donors (Lipinski definition) is 0. The van der Waals surface area contributed by atoms with E-state index in [2.05, 4.69) is 27.7 Å². The summed E-state index contributed by atoms with van der Waals surface area (Å²) in [6, 6.07) is 5.14. The molecule has 1 heterocycles. The largest absolute Gasteiger partial charge is 0.465 e. The number of carbonyl (C=O) groups is 2. The van der Waals surface area contributed by atoms with Gasteiger partial charge in [0.25, 0.3) is 0 Å². The van der Waals surface area contributed by atoms with Gasteiger partial charge in [-0.1, -0.05) is 0 Å². The summed E-state index contributed by atoms with van der Waals surface area (Å²) in [4.78, 5) is 23.6. The molecule has 6 nitrogen and oxygen atoms in total. The number of aromatic nitrogens is 2. The van der Waals surface area contributed by atoms with Crippen LogP contribution in [0.5, 0.6) is 0 Å². The van der Waals surface area contributed by atoms with Crippen molar-refractivity contribution in [3.8, 4) is 0 Å². The van der Waals surface area contributed by atoms with Crippen molar-refractivity contribution in [1.29, 1.82) is 0 Å². The van der Waals surface area contributed by atoms with Crippen LogP contribution in [-0.2, 0) is 20.8 Å². The number of hydrogen-bond acceptors (Lipinski definition) is 5. The Hall–Kier alpha value is -1.64. The summed E-state index contributed by atoms with van der Waals surface area (Å²) >= 11 is 2.09. The van der Waals surface area contributed by atoms with Crippen LogP contribution in [0.4, 0.5) is 0 Å². The van der Waals surface area contributed by atoms with Crippen LogP contribution in [0.25, 0.3) is 10.9 Å². The predicted molar refractivity (Wildman–Crippen MR) is 89.6 cm³/mol. The maximum atomic E-state index is 12.0. The number of esters is 2. The first kappa shape index (κ1) is 16.7. The van der Waals surface area contributed by atoms with Crippen LogP contribution in [-0.4, -0.2) is 34.4 Å². The number of nitrogens with zero attached hydrogens (tertiary/aromatic N) is 2. The van der Waals surface area contributed by atoms with E-state index in [9.17, 15) is 9.59 Å². The van der Waals surface area contributed by atoms with Crippen molar-refractivity contribution in [3.05, 3.63) is 27.5 Å². The van der Waals surface area contributed by atoms with Crippen molar-refractivity contribution in [1.82, 2.24) is 9.78 Å². The molecule has 0 spiro atoms. The Morgan fingerprint density at radius 1 is 1.32 bits per heavy atom. The number of methoxy groups -OCH3 is 1. The molecule has 0 N–H and O–H groups in total. The summed E-state index contributed by atoms with van der Waals surface area (Å²) in [5, 5.41) is 5.21. The molecule has 0 fully saturated rings. The molecular weight excluding hydrogens is 399 g/mol. The average molecular weight is 416 g/mol. The zero-order valence-electron chi connectivity index (χ0n) is 12.8. The first-order chi connectivity index (χ1) is 10.2. The molecule has 0 saturated carbocycles. The molecule has 0 aliphatic carbocycles. The summed E-state index contributed by atoms with van der Waals surface area (Å²) in [6.45, 7) is 5.42. The molecule has 1 aromatic heterocycles. The fraction of sp³-hybridized carbons (Fsp3) is 0.400. The topological polar surface area (TPSA) is 70.4 Å². The molecule has 0 saturated heterocycles. The number of fused-ring (bicyclic) bond motifs is 1. The maximum absolute atomic E-state index is 12.0. The quantitative estimate of drug-likeness (QED) is 0.569. The molecule has 0 radical (unpaired) electrons. The molecule has 2 aromatic rings. The Balaban J connectivity index is 2.37. The normalized spacial score (nSPS) is 11.5. The summed E-state index contributed by atoms with van der Waals surface area (Å²) in [6.07, 6.45) is 0. The van der Waals surface area contributed by atoms with Crippen LogP contribution < -0.4 is 0 Å². The fourth-order valence-electron chi connectivity index (χ4n) is 1.99. The summed E-state index contributed by atoms with van der Waals surface area (Å²) in [7, 11) is 1.33. The molecule has 0 aliphatic heterocycles.